The van der Waals surface area contributed by atoms with Gasteiger partial charge in [0.25, 0.3) is 0 Å². The molecule has 0 saturated heterocycles. The SMILES string of the molecule is O=C(O)c1cnoc1-c1c(O)cc(O)cc1O. The summed E-state index contributed by atoms with van der Waals surface area (Å²) in [6, 6.07) is 1.90. The number of carboxylic acids is 1. The Morgan fingerprint density at radius 1 is 1.18 bits per heavy atom. The van der Waals surface area contributed by atoms with E-state index in [1.165, 1.54) is 0 Å². The summed E-state index contributed by atoms with van der Waals surface area (Å²) in [6.45, 7) is 0. The van der Waals surface area contributed by atoms with Crippen LogP contribution in [0.1, 0.15) is 10.4 Å². The van der Waals surface area contributed by atoms with E-state index in [1.807, 2.05) is 0 Å². The van der Waals surface area contributed by atoms with Crippen molar-refractivity contribution in [1.29, 1.82) is 0 Å². The van der Waals surface area contributed by atoms with Crippen LogP contribution >= 0.6 is 0 Å². The molecule has 1 heterocycles. The number of hydrogen-bond acceptors (Lipinski definition) is 6. The molecule has 0 aliphatic rings. The third kappa shape index (κ3) is 1.73. The summed E-state index contributed by atoms with van der Waals surface area (Å²) in [7, 11) is 0. The second-order valence-electron chi connectivity index (χ2n) is 3.23. The van der Waals surface area contributed by atoms with Gasteiger partial charge in [-0.25, -0.2) is 4.79 Å². The van der Waals surface area contributed by atoms with E-state index < -0.39 is 17.5 Å². The highest BCUT2D eigenvalue weighted by atomic mass is 16.5. The molecule has 7 nitrogen and oxygen atoms in total. The van der Waals surface area contributed by atoms with E-state index in [2.05, 4.69) is 9.68 Å². The Labute approximate surface area is 94.2 Å². The maximum Gasteiger partial charge on any atom is 0.341 e. The summed E-state index contributed by atoms with van der Waals surface area (Å²) in [6.07, 6.45) is 0.948. The molecular weight excluding hydrogens is 230 g/mol. The number of nitrogens with zero attached hydrogens (tertiary/aromatic N) is 1. The van der Waals surface area contributed by atoms with Gasteiger partial charge in [0, 0.05) is 12.1 Å². The van der Waals surface area contributed by atoms with Gasteiger partial charge in [-0.2, -0.15) is 0 Å². The number of carbonyl (C=O) groups is 1. The van der Waals surface area contributed by atoms with Gasteiger partial charge < -0.3 is 24.9 Å². The fourth-order valence-electron chi connectivity index (χ4n) is 1.40. The Morgan fingerprint density at radius 3 is 2.29 bits per heavy atom. The molecule has 4 N–H and O–H groups in total. The molecule has 0 aliphatic heterocycles. The number of aromatic hydroxyl groups is 3. The monoisotopic (exact) mass is 237 g/mol. The van der Waals surface area contributed by atoms with Crippen LogP contribution in [0, 0.1) is 0 Å². The molecule has 0 fully saturated rings. The number of rotatable bonds is 2. The molecule has 17 heavy (non-hydrogen) atoms. The van der Waals surface area contributed by atoms with Gasteiger partial charge in [0.1, 0.15) is 28.4 Å². The van der Waals surface area contributed by atoms with Crippen LogP contribution in [-0.2, 0) is 0 Å². The highest BCUT2D eigenvalue weighted by Crippen LogP contribution is 2.41. The number of phenols is 3. The first kappa shape index (κ1) is 10.8. The molecule has 2 rings (SSSR count). The zero-order valence-electron chi connectivity index (χ0n) is 8.28. The molecule has 0 amide bonds. The number of phenolic OH excluding ortho intramolecular Hbond substituents is 3. The van der Waals surface area contributed by atoms with Gasteiger partial charge in [-0.15, -0.1) is 0 Å². The van der Waals surface area contributed by atoms with Gasteiger partial charge in [0.2, 0.25) is 0 Å². The van der Waals surface area contributed by atoms with Gasteiger partial charge in [-0.05, 0) is 0 Å². The third-order valence-electron chi connectivity index (χ3n) is 2.11. The summed E-state index contributed by atoms with van der Waals surface area (Å²) in [5.74, 6) is -2.98. The van der Waals surface area contributed by atoms with E-state index >= 15 is 0 Å². The molecule has 0 atom stereocenters. The lowest BCUT2D eigenvalue weighted by Crippen LogP contribution is -1.96. The first-order valence-corrected chi connectivity index (χ1v) is 4.44. The quantitative estimate of drug-likeness (QED) is 0.617. The molecule has 1 aromatic heterocycles. The lowest BCUT2D eigenvalue weighted by molar-refractivity contribution is 0.0697. The summed E-state index contributed by atoms with van der Waals surface area (Å²) in [5, 5.41) is 40.3. The van der Waals surface area contributed by atoms with Crippen molar-refractivity contribution in [2.45, 2.75) is 0 Å². The number of aromatic carboxylic acids is 1. The van der Waals surface area contributed by atoms with Gasteiger partial charge in [-0.3, -0.25) is 0 Å². The Morgan fingerprint density at radius 2 is 1.76 bits per heavy atom. The standard InChI is InChI=1S/C10H7NO6/c12-4-1-6(13)8(7(14)2-4)9-5(10(15)16)3-11-17-9/h1-3,12-14H,(H,15,16). The van der Waals surface area contributed by atoms with Gasteiger partial charge >= 0.3 is 5.97 Å². The van der Waals surface area contributed by atoms with Crippen molar-refractivity contribution in [3.63, 3.8) is 0 Å². The van der Waals surface area contributed by atoms with Gasteiger partial charge in [0.15, 0.2) is 5.76 Å². The number of aromatic nitrogens is 1. The third-order valence-corrected chi connectivity index (χ3v) is 2.11. The van der Waals surface area contributed by atoms with Crippen molar-refractivity contribution in [2.24, 2.45) is 0 Å². The first-order valence-electron chi connectivity index (χ1n) is 4.44. The average molecular weight is 237 g/mol. The highest BCUT2D eigenvalue weighted by molar-refractivity contribution is 5.95. The number of hydrogen-bond donors (Lipinski definition) is 4. The smallest absolute Gasteiger partial charge is 0.341 e. The molecule has 7 heteroatoms. The first-order chi connectivity index (χ1) is 8.00. The van der Waals surface area contributed by atoms with E-state index in [4.69, 9.17) is 10.2 Å². The predicted octanol–water partition coefficient (Wildman–Crippen LogP) is 1.16. The molecule has 0 aliphatic carbocycles. The molecule has 0 saturated carbocycles. The van der Waals surface area contributed by atoms with Crippen molar-refractivity contribution < 1.29 is 29.7 Å². The molecule has 0 bridgehead atoms. The van der Waals surface area contributed by atoms with E-state index in [-0.39, 0.29) is 22.6 Å². The normalized spacial score (nSPS) is 10.4. The minimum atomic E-state index is -1.31. The Kier molecular flexibility index (Phi) is 2.36. The topological polar surface area (TPSA) is 124 Å². The average Bonchev–Trinajstić information content (AvgIpc) is 2.64. The zero-order valence-corrected chi connectivity index (χ0v) is 8.28. The molecule has 0 unspecified atom stereocenters. The van der Waals surface area contributed by atoms with Crippen LogP contribution in [0.3, 0.4) is 0 Å². The molecular formula is C10H7NO6. The Hall–Kier alpha value is -2.70. The zero-order chi connectivity index (χ0) is 12.6. The number of benzene rings is 1. The summed E-state index contributed by atoms with van der Waals surface area (Å²) in [4.78, 5) is 10.8. The predicted molar refractivity (Wildman–Crippen MR) is 53.9 cm³/mol. The molecule has 2 aromatic rings. The number of carboxylic acid groups (broad SMARTS) is 1. The Balaban J connectivity index is 2.69. The van der Waals surface area contributed by atoms with Crippen LogP contribution in [0.15, 0.2) is 22.9 Å². The lowest BCUT2D eigenvalue weighted by atomic mass is 10.1. The van der Waals surface area contributed by atoms with Crippen molar-refractivity contribution in [3.05, 3.63) is 23.9 Å². The molecule has 1 aromatic carbocycles. The van der Waals surface area contributed by atoms with Crippen LogP contribution in [0.2, 0.25) is 0 Å². The fourth-order valence-corrected chi connectivity index (χ4v) is 1.40. The van der Waals surface area contributed by atoms with Crippen LogP contribution in [-0.4, -0.2) is 31.6 Å². The van der Waals surface area contributed by atoms with Crippen molar-refractivity contribution in [3.8, 4) is 28.6 Å². The van der Waals surface area contributed by atoms with Gasteiger partial charge in [0.05, 0.1) is 6.20 Å². The largest absolute Gasteiger partial charge is 0.508 e. The summed E-state index contributed by atoms with van der Waals surface area (Å²) < 4.78 is 4.68. The minimum Gasteiger partial charge on any atom is -0.508 e. The van der Waals surface area contributed by atoms with Gasteiger partial charge in [-0.1, -0.05) is 5.16 Å². The van der Waals surface area contributed by atoms with Crippen LogP contribution < -0.4 is 0 Å². The summed E-state index contributed by atoms with van der Waals surface area (Å²) in [5.41, 5.74) is -0.543. The van der Waals surface area contributed by atoms with Crippen molar-refractivity contribution in [2.75, 3.05) is 0 Å². The maximum atomic E-state index is 10.8. The van der Waals surface area contributed by atoms with E-state index in [9.17, 15) is 15.0 Å². The lowest BCUT2D eigenvalue weighted by Gasteiger charge is -2.05. The maximum absolute atomic E-state index is 10.8. The summed E-state index contributed by atoms with van der Waals surface area (Å²) >= 11 is 0. The molecule has 88 valence electrons. The van der Waals surface area contributed by atoms with E-state index in [0.29, 0.717) is 0 Å². The highest BCUT2D eigenvalue weighted by Gasteiger charge is 2.23. The second kappa shape index (κ2) is 3.71. The molecule has 0 spiro atoms. The van der Waals surface area contributed by atoms with E-state index in [0.717, 1.165) is 18.3 Å². The minimum absolute atomic E-state index is 0.238. The molecule has 0 radical (unpaired) electrons. The van der Waals surface area contributed by atoms with E-state index in [1.54, 1.807) is 0 Å². The van der Waals surface area contributed by atoms with Crippen LogP contribution in [0.4, 0.5) is 0 Å². The second-order valence-corrected chi connectivity index (χ2v) is 3.23. The van der Waals surface area contributed by atoms with Crippen molar-refractivity contribution >= 4 is 5.97 Å². The fraction of sp³-hybridized carbons (Fsp3) is 0. The van der Waals surface area contributed by atoms with Crippen LogP contribution in [0.5, 0.6) is 17.2 Å². The Bertz CT molecular complexity index is 565. The van der Waals surface area contributed by atoms with Crippen molar-refractivity contribution in [1.82, 2.24) is 5.16 Å². The van der Waals surface area contributed by atoms with Crippen LogP contribution in [0.25, 0.3) is 11.3 Å².